The summed E-state index contributed by atoms with van der Waals surface area (Å²) in [7, 11) is 0. The van der Waals surface area contributed by atoms with Crippen LogP contribution in [-0.2, 0) is 11.4 Å². The van der Waals surface area contributed by atoms with Gasteiger partial charge >= 0.3 is 51.4 Å². The van der Waals surface area contributed by atoms with Crippen LogP contribution in [0.15, 0.2) is 18.2 Å². The number of hydrogen-bond donors (Lipinski definition) is 0. The number of hydrogen-bond acceptors (Lipinski definition) is 5. The Hall–Kier alpha value is 0.456. The van der Waals surface area contributed by atoms with Crippen molar-refractivity contribution in [2.75, 3.05) is 0 Å². The van der Waals surface area contributed by atoms with E-state index in [0.29, 0.717) is 0 Å². The zero-order chi connectivity index (χ0) is 10.7. The molecule has 9 heteroatoms. The van der Waals surface area contributed by atoms with Crippen molar-refractivity contribution in [2.24, 2.45) is 0 Å². The minimum absolute atomic E-state index is 0. The predicted molar refractivity (Wildman–Crippen MR) is 47.7 cm³/mol. The van der Waals surface area contributed by atoms with Crippen molar-refractivity contribution in [3.63, 3.8) is 0 Å². The van der Waals surface area contributed by atoms with Gasteiger partial charge in [-0.15, -0.1) is 0 Å². The summed E-state index contributed by atoms with van der Waals surface area (Å²) in [6.45, 7) is 0. The van der Waals surface area contributed by atoms with Crippen molar-refractivity contribution >= 4 is 28.6 Å². The van der Waals surface area contributed by atoms with Gasteiger partial charge in [0.05, 0.1) is 16.0 Å². The van der Waals surface area contributed by atoms with Crippen molar-refractivity contribution in [1.29, 1.82) is 0 Å². The Balaban J connectivity index is 0.00000196. The van der Waals surface area contributed by atoms with Crippen molar-refractivity contribution in [3.8, 4) is 5.75 Å². The zero-order valence-electron chi connectivity index (χ0n) is 7.51. The normalized spacial score (nSPS) is 11.3. The van der Waals surface area contributed by atoms with Gasteiger partial charge in [-0.3, -0.25) is 10.1 Å². The molecule has 0 saturated carbocycles. The Kier molecular flexibility index (Phi) is 7.13. The molecule has 0 aliphatic carbocycles. The molecule has 76 valence electrons. The number of rotatable bonds is 3. The number of nitrogens with zero attached hydrogens (tertiary/aromatic N) is 1. The van der Waals surface area contributed by atoms with Gasteiger partial charge in [-0.25, -0.2) is 4.21 Å². The monoisotopic (exact) mass is 275 g/mol. The fraction of sp³-hybridized carbons (Fsp3) is 0. The molecule has 0 N–H and O–H groups in total. The van der Waals surface area contributed by atoms with E-state index in [9.17, 15) is 18.9 Å². The molecular weight excluding hydrogens is 273 g/mol. The summed E-state index contributed by atoms with van der Waals surface area (Å²) in [5, 5.41) is 10.3. The molecule has 0 radical (unpaired) electrons. The van der Waals surface area contributed by atoms with E-state index < -0.39 is 16.3 Å². The second-order valence-electron chi connectivity index (χ2n) is 2.16. The first-order chi connectivity index (χ1) is 6.50. The van der Waals surface area contributed by atoms with Gasteiger partial charge in [0.2, 0.25) is 0 Å². The quantitative estimate of drug-likeness (QED) is 0.287. The summed E-state index contributed by atoms with van der Waals surface area (Å²) in [6, 6.07) is 3.25. The molecule has 0 heterocycles. The van der Waals surface area contributed by atoms with Gasteiger partial charge in [-0.1, -0.05) is 11.6 Å². The number of nitro groups is 1. The third kappa shape index (κ3) is 4.87. The molecular formula is C6H3ClKNO5S. The molecule has 1 atom stereocenters. The van der Waals surface area contributed by atoms with E-state index in [1.54, 1.807) is 0 Å². The number of nitro benzene ring substituents is 1. The third-order valence-electron chi connectivity index (χ3n) is 1.28. The van der Waals surface area contributed by atoms with Crippen LogP contribution in [0.4, 0.5) is 5.69 Å². The molecule has 0 fully saturated rings. The number of halogens is 1. The van der Waals surface area contributed by atoms with Gasteiger partial charge in [0, 0.05) is 6.07 Å². The summed E-state index contributed by atoms with van der Waals surface area (Å²) in [5.74, 6) is -0.269. The van der Waals surface area contributed by atoms with E-state index in [1.165, 1.54) is 6.07 Å². The average Bonchev–Trinajstić information content (AvgIpc) is 2.07. The second kappa shape index (κ2) is 6.91. The first-order valence-corrected chi connectivity index (χ1v) is 4.60. The van der Waals surface area contributed by atoms with Crippen molar-refractivity contribution in [1.82, 2.24) is 0 Å². The van der Waals surface area contributed by atoms with Crippen LogP contribution in [0, 0.1) is 10.1 Å². The van der Waals surface area contributed by atoms with E-state index in [4.69, 9.17) is 11.6 Å². The van der Waals surface area contributed by atoms with E-state index in [2.05, 4.69) is 4.18 Å². The van der Waals surface area contributed by atoms with Gasteiger partial charge in [0.1, 0.15) is 11.4 Å². The van der Waals surface area contributed by atoms with Gasteiger partial charge < -0.3 is 8.74 Å². The maximum atomic E-state index is 10.3. The molecule has 0 aliphatic rings. The maximum absolute atomic E-state index is 10.3. The molecule has 1 rings (SSSR count). The molecule has 0 spiro atoms. The van der Waals surface area contributed by atoms with Crippen LogP contribution in [0.2, 0.25) is 5.02 Å². The van der Waals surface area contributed by atoms with E-state index in [1.807, 2.05) is 0 Å². The molecule has 1 aromatic rings. The molecule has 0 aromatic heterocycles. The van der Waals surface area contributed by atoms with Crippen molar-refractivity contribution in [2.45, 2.75) is 0 Å². The Labute approximate surface area is 135 Å². The molecule has 15 heavy (non-hydrogen) atoms. The molecule has 0 saturated heterocycles. The molecule has 0 amide bonds. The number of benzene rings is 1. The predicted octanol–water partition coefficient (Wildman–Crippen LogP) is -1.57. The van der Waals surface area contributed by atoms with Crippen LogP contribution in [0.5, 0.6) is 5.75 Å². The van der Waals surface area contributed by atoms with Gasteiger partial charge in [0.15, 0.2) is 5.75 Å². The van der Waals surface area contributed by atoms with E-state index in [0.717, 1.165) is 12.1 Å². The Morgan fingerprint density at radius 2 is 2.07 bits per heavy atom. The summed E-state index contributed by atoms with van der Waals surface area (Å²) >= 11 is 2.72. The molecule has 0 aliphatic heterocycles. The van der Waals surface area contributed by atoms with Crippen LogP contribution >= 0.6 is 11.6 Å². The maximum Gasteiger partial charge on any atom is 1.00 e. The Morgan fingerprint density at radius 3 is 2.53 bits per heavy atom. The topological polar surface area (TPSA) is 92.5 Å². The number of non-ortho nitro benzene ring substituents is 1. The first-order valence-electron chi connectivity index (χ1n) is 3.22. The summed E-state index contributed by atoms with van der Waals surface area (Å²) < 4.78 is 24.5. The van der Waals surface area contributed by atoms with Gasteiger partial charge in [0.25, 0.3) is 5.69 Å². The van der Waals surface area contributed by atoms with Crippen molar-refractivity contribution in [3.05, 3.63) is 33.3 Å². The van der Waals surface area contributed by atoms with E-state index in [-0.39, 0.29) is 67.8 Å². The van der Waals surface area contributed by atoms with Crippen LogP contribution in [-0.4, -0.2) is 13.7 Å². The SMILES string of the molecule is O=[N+]([O-])c1ccc(Cl)c(OS(=O)[O-])c1.[K+]. The molecule has 1 aromatic carbocycles. The van der Waals surface area contributed by atoms with E-state index >= 15 is 0 Å². The molecule has 0 bridgehead atoms. The Morgan fingerprint density at radius 1 is 1.47 bits per heavy atom. The average molecular weight is 276 g/mol. The van der Waals surface area contributed by atoms with Crippen LogP contribution in [0.25, 0.3) is 0 Å². The van der Waals surface area contributed by atoms with Gasteiger partial charge in [-0.05, 0) is 6.07 Å². The second-order valence-corrected chi connectivity index (χ2v) is 3.14. The standard InChI is InChI=1S/C6H4ClNO5S.K/c7-5-2-1-4(8(9)10)3-6(5)13-14(11)12;/h1-3H,(H,11,12);/q;+1/p-1. The molecule has 6 nitrogen and oxygen atoms in total. The minimum Gasteiger partial charge on any atom is -0.740 e. The largest absolute Gasteiger partial charge is 1.00 e. The van der Waals surface area contributed by atoms with Crippen LogP contribution in [0.1, 0.15) is 0 Å². The van der Waals surface area contributed by atoms with Crippen LogP contribution < -0.4 is 55.6 Å². The fourth-order valence-electron chi connectivity index (χ4n) is 0.743. The Bertz CT molecular complexity index is 401. The minimum atomic E-state index is -2.81. The van der Waals surface area contributed by atoms with Gasteiger partial charge in [-0.2, -0.15) is 0 Å². The third-order valence-corrected chi connectivity index (χ3v) is 1.91. The molecule has 1 unspecified atom stereocenters. The van der Waals surface area contributed by atoms with Crippen molar-refractivity contribution < 1.29 is 69.3 Å². The fourth-order valence-corrected chi connectivity index (χ4v) is 1.23. The summed E-state index contributed by atoms with van der Waals surface area (Å²) in [5.41, 5.74) is -0.296. The summed E-state index contributed by atoms with van der Waals surface area (Å²) in [6.07, 6.45) is 0. The zero-order valence-corrected chi connectivity index (χ0v) is 12.2. The summed E-state index contributed by atoms with van der Waals surface area (Å²) in [4.78, 5) is 9.62. The smallest absolute Gasteiger partial charge is 0.740 e. The van der Waals surface area contributed by atoms with Crippen LogP contribution in [0.3, 0.4) is 0 Å². The first kappa shape index (κ1) is 15.5.